The van der Waals surface area contributed by atoms with E-state index in [1.807, 2.05) is 6.21 Å². The highest BCUT2D eigenvalue weighted by Gasteiger charge is 2.03. The maximum absolute atomic E-state index is 4.30. The molecule has 0 spiro atoms. The zero-order valence-corrected chi connectivity index (χ0v) is 9.40. The van der Waals surface area contributed by atoms with Crippen molar-refractivity contribution in [3.8, 4) is 0 Å². The van der Waals surface area contributed by atoms with Crippen LogP contribution in [0.15, 0.2) is 35.3 Å². The first-order chi connectivity index (χ1) is 7.27. The lowest BCUT2D eigenvalue weighted by molar-refractivity contribution is 0.866. The van der Waals surface area contributed by atoms with Crippen LogP contribution < -0.4 is 0 Å². The molecule has 0 aliphatic carbocycles. The highest BCUT2D eigenvalue weighted by Crippen LogP contribution is 2.20. The number of hydrogen-bond acceptors (Lipinski definition) is 1. The molecule has 0 unspecified atom stereocenters. The Morgan fingerprint density at radius 3 is 2.40 bits per heavy atom. The van der Waals surface area contributed by atoms with Gasteiger partial charge in [0.2, 0.25) is 0 Å². The predicted octanol–water partition coefficient (Wildman–Crippen LogP) is 3.67. The first kappa shape index (κ1) is 10.2. The van der Waals surface area contributed by atoms with Crippen molar-refractivity contribution in [2.75, 3.05) is 6.54 Å². The first-order valence-electron chi connectivity index (χ1n) is 5.57. The Balaban J connectivity index is 2.23. The summed E-state index contributed by atoms with van der Waals surface area (Å²) in [6.45, 7) is 5.38. The van der Waals surface area contributed by atoms with Gasteiger partial charge in [-0.2, -0.15) is 0 Å². The molecule has 0 amide bonds. The molecule has 1 aromatic carbocycles. The van der Waals surface area contributed by atoms with Crippen LogP contribution in [-0.4, -0.2) is 12.8 Å². The molecule has 0 saturated carbocycles. The second-order valence-corrected chi connectivity index (χ2v) is 4.26. The molecule has 1 aliphatic heterocycles. The average molecular weight is 199 g/mol. The van der Waals surface area contributed by atoms with E-state index in [0.717, 1.165) is 13.0 Å². The molecular formula is C14H17N. The first-order valence-corrected chi connectivity index (χ1v) is 5.57. The summed E-state index contributed by atoms with van der Waals surface area (Å²) < 4.78 is 0. The Morgan fingerprint density at radius 1 is 1.13 bits per heavy atom. The summed E-state index contributed by atoms with van der Waals surface area (Å²) in [5.41, 5.74) is 3.94. The van der Waals surface area contributed by atoms with Crippen LogP contribution in [0.2, 0.25) is 0 Å². The van der Waals surface area contributed by atoms with Gasteiger partial charge in [-0.15, -0.1) is 0 Å². The van der Waals surface area contributed by atoms with Gasteiger partial charge in [-0.05, 0) is 29.0 Å². The second-order valence-electron chi connectivity index (χ2n) is 4.26. The Bertz CT molecular complexity index is 382. The summed E-state index contributed by atoms with van der Waals surface area (Å²) in [6.07, 6.45) is 5.31. The molecule has 0 bridgehead atoms. The van der Waals surface area contributed by atoms with Crippen molar-refractivity contribution in [3.05, 3.63) is 41.5 Å². The predicted molar refractivity (Wildman–Crippen MR) is 66.5 cm³/mol. The number of hydrogen-bond donors (Lipinski definition) is 0. The smallest absolute Gasteiger partial charge is 0.0424 e. The van der Waals surface area contributed by atoms with E-state index in [9.17, 15) is 0 Å². The van der Waals surface area contributed by atoms with E-state index in [4.69, 9.17) is 0 Å². The highest BCUT2D eigenvalue weighted by molar-refractivity contribution is 6.10. The minimum absolute atomic E-state index is 0.605. The molecule has 0 radical (unpaired) electrons. The van der Waals surface area contributed by atoms with Gasteiger partial charge in [-0.3, -0.25) is 4.99 Å². The van der Waals surface area contributed by atoms with Gasteiger partial charge in [0.1, 0.15) is 0 Å². The maximum atomic E-state index is 4.30. The zero-order chi connectivity index (χ0) is 10.7. The molecule has 15 heavy (non-hydrogen) atoms. The van der Waals surface area contributed by atoms with Gasteiger partial charge in [0.25, 0.3) is 0 Å². The van der Waals surface area contributed by atoms with Crippen LogP contribution in [0.4, 0.5) is 0 Å². The fraction of sp³-hybridized carbons (Fsp3) is 0.357. The number of aliphatic imine (C=N–C) groups is 1. The topological polar surface area (TPSA) is 12.4 Å². The molecule has 0 saturated heterocycles. The largest absolute Gasteiger partial charge is 0.292 e. The summed E-state index contributed by atoms with van der Waals surface area (Å²) in [7, 11) is 0. The van der Waals surface area contributed by atoms with Crippen LogP contribution in [0.5, 0.6) is 0 Å². The number of benzene rings is 1. The molecule has 78 valence electrons. The van der Waals surface area contributed by atoms with Gasteiger partial charge in [-0.1, -0.05) is 44.2 Å². The minimum Gasteiger partial charge on any atom is -0.292 e. The highest BCUT2D eigenvalue weighted by atomic mass is 14.7. The van der Waals surface area contributed by atoms with Crippen molar-refractivity contribution < 1.29 is 0 Å². The molecule has 1 heterocycles. The number of rotatable bonds is 2. The molecule has 0 N–H and O–H groups in total. The molecule has 1 nitrogen and oxygen atoms in total. The Hall–Kier alpha value is -1.37. The van der Waals surface area contributed by atoms with Crippen LogP contribution in [0, 0.1) is 0 Å². The summed E-state index contributed by atoms with van der Waals surface area (Å²) >= 11 is 0. The fourth-order valence-electron chi connectivity index (χ4n) is 1.76. The van der Waals surface area contributed by atoms with Gasteiger partial charge >= 0.3 is 0 Å². The van der Waals surface area contributed by atoms with Crippen molar-refractivity contribution in [2.45, 2.75) is 26.2 Å². The SMILES string of the molecule is CC(C)c1ccc(C2=CCCN=C2)cc1. The molecule has 2 rings (SSSR count). The standard InChI is InChI=1S/C14H17N/c1-11(2)12-5-7-13(8-6-12)14-4-3-9-15-10-14/h4-8,10-11H,3,9H2,1-2H3. The van der Waals surface area contributed by atoms with Crippen LogP contribution in [0.1, 0.15) is 37.3 Å². The number of allylic oxidation sites excluding steroid dienone is 1. The third-order valence-corrected chi connectivity index (χ3v) is 2.76. The number of nitrogens with zero attached hydrogens (tertiary/aromatic N) is 1. The van der Waals surface area contributed by atoms with E-state index in [2.05, 4.69) is 49.2 Å². The molecule has 1 aliphatic rings. The van der Waals surface area contributed by atoms with E-state index >= 15 is 0 Å². The van der Waals surface area contributed by atoms with Crippen LogP contribution in [0.25, 0.3) is 5.57 Å². The average Bonchev–Trinajstić information content (AvgIpc) is 2.30. The molecule has 1 heteroatoms. The molecule has 0 aromatic heterocycles. The summed E-state index contributed by atoms with van der Waals surface area (Å²) in [5, 5.41) is 0. The third-order valence-electron chi connectivity index (χ3n) is 2.76. The van der Waals surface area contributed by atoms with Gasteiger partial charge in [0, 0.05) is 12.8 Å². The quantitative estimate of drug-likeness (QED) is 0.689. The second kappa shape index (κ2) is 4.43. The number of dihydropyridines is 1. The van der Waals surface area contributed by atoms with Crippen LogP contribution >= 0.6 is 0 Å². The zero-order valence-electron chi connectivity index (χ0n) is 9.40. The lowest BCUT2D eigenvalue weighted by Gasteiger charge is -2.09. The van der Waals surface area contributed by atoms with Crippen molar-refractivity contribution >= 4 is 11.8 Å². The van der Waals surface area contributed by atoms with E-state index in [1.54, 1.807) is 0 Å². The molecular weight excluding hydrogens is 182 g/mol. The van der Waals surface area contributed by atoms with E-state index in [1.165, 1.54) is 16.7 Å². The normalized spacial score (nSPS) is 15.5. The summed E-state index contributed by atoms with van der Waals surface area (Å²) in [6, 6.07) is 8.81. The van der Waals surface area contributed by atoms with E-state index in [0.29, 0.717) is 5.92 Å². The van der Waals surface area contributed by atoms with Crippen molar-refractivity contribution in [2.24, 2.45) is 4.99 Å². The molecule has 1 aromatic rings. The van der Waals surface area contributed by atoms with Crippen molar-refractivity contribution in [3.63, 3.8) is 0 Å². The summed E-state index contributed by atoms with van der Waals surface area (Å²) in [4.78, 5) is 4.30. The Morgan fingerprint density at radius 2 is 1.87 bits per heavy atom. The van der Waals surface area contributed by atoms with Gasteiger partial charge in [-0.25, -0.2) is 0 Å². The van der Waals surface area contributed by atoms with Crippen LogP contribution in [0.3, 0.4) is 0 Å². The summed E-state index contributed by atoms with van der Waals surface area (Å²) in [5.74, 6) is 0.605. The minimum atomic E-state index is 0.605. The van der Waals surface area contributed by atoms with Crippen molar-refractivity contribution in [1.82, 2.24) is 0 Å². The maximum Gasteiger partial charge on any atom is 0.0424 e. The van der Waals surface area contributed by atoms with E-state index < -0.39 is 0 Å². The van der Waals surface area contributed by atoms with Crippen LogP contribution in [-0.2, 0) is 0 Å². The Labute approximate surface area is 91.6 Å². The van der Waals surface area contributed by atoms with Gasteiger partial charge < -0.3 is 0 Å². The molecule has 0 atom stereocenters. The lowest BCUT2D eigenvalue weighted by Crippen LogP contribution is -1.95. The van der Waals surface area contributed by atoms with Gasteiger partial charge in [0.05, 0.1) is 0 Å². The monoisotopic (exact) mass is 199 g/mol. The van der Waals surface area contributed by atoms with Gasteiger partial charge in [0.15, 0.2) is 0 Å². The lowest BCUT2D eigenvalue weighted by atomic mass is 9.98. The fourth-order valence-corrected chi connectivity index (χ4v) is 1.76. The third kappa shape index (κ3) is 2.35. The molecule has 0 fully saturated rings. The Kier molecular flexibility index (Phi) is 3.00. The van der Waals surface area contributed by atoms with E-state index in [-0.39, 0.29) is 0 Å². The van der Waals surface area contributed by atoms with Crippen molar-refractivity contribution in [1.29, 1.82) is 0 Å².